The van der Waals surface area contributed by atoms with Crippen LogP contribution in [-0.2, 0) is 29.6 Å². The molecule has 0 bridgehead atoms. The predicted molar refractivity (Wildman–Crippen MR) is 119 cm³/mol. The molecular weight excluding hydrogens is 417 g/mol. The molecule has 0 spiro atoms. The van der Waals surface area contributed by atoms with E-state index in [1.165, 1.54) is 10.7 Å². The van der Waals surface area contributed by atoms with E-state index in [1.807, 2.05) is 6.92 Å². The zero-order chi connectivity index (χ0) is 22.0. The molecule has 0 unspecified atom stereocenters. The van der Waals surface area contributed by atoms with Crippen LogP contribution in [-0.4, -0.2) is 21.7 Å². The number of fused-ring (bicyclic) bond motifs is 1. The SMILES string of the molecule is C[C@@H](Cn1nc2c(cc1=O)CCCCC2)NC(=O)C1(c2c(F)cccc2Cl)CCCC1. The maximum Gasteiger partial charge on any atom is 0.267 e. The Morgan fingerprint density at radius 1 is 1.23 bits per heavy atom. The number of carbonyl (C=O) groups is 1. The lowest BCUT2D eigenvalue weighted by molar-refractivity contribution is -0.127. The Labute approximate surface area is 187 Å². The largest absolute Gasteiger partial charge is 0.351 e. The first kappa shape index (κ1) is 22.0. The molecular formula is C24H29ClFN3O2. The molecule has 166 valence electrons. The summed E-state index contributed by atoms with van der Waals surface area (Å²) in [4.78, 5) is 26.0. The van der Waals surface area contributed by atoms with Gasteiger partial charge < -0.3 is 5.32 Å². The Morgan fingerprint density at radius 2 is 1.97 bits per heavy atom. The summed E-state index contributed by atoms with van der Waals surface area (Å²) in [5, 5.41) is 7.90. The van der Waals surface area contributed by atoms with Gasteiger partial charge in [0, 0.05) is 22.7 Å². The van der Waals surface area contributed by atoms with Gasteiger partial charge >= 0.3 is 0 Å². The summed E-state index contributed by atoms with van der Waals surface area (Å²) in [6.45, 7) is 2.13. The van der Waals surface area contributed by atoms with Gasteiger partial charge in [0.05, 0.1) is 17.7 Å². The standard InChI is InChI=1S/C24H29ClFN3O2/c1-16(15-29-21(30)14-17-8-3-2-4-11-20(17)28-29)27-23(31)24(12-5-6-13-24)22-18(25)9-7-10-19(22)26/h7,9-10,14,16H,2-6,8,11-13,15H2,1H3,(H,27,31)/t16-/m0/s1. The summed E-state index contributed by atoms with van der Waals surface area (Å²) in [7, 11) is 0. The van der Waals surface area contributed by atoms with E-state index in [2.05, 4.69) is 10.4 Å². The van der Waals surface area contributed by atoms with Gasteiger partial charge in [0.1, 0.15) is 5.82 Å². The van der Waals surface area contributed by atoms with Crippen molar-refractivity contribution < 1.29 is 9.18 Å². The number of amides is 1. The highest BCUT2D eigenvalue weighted by atomic mass is 35.5. The highest BCUT2D eigenvalue weighted by Gasteiger charge is 2.46. The average molecular weight is 446 g/mol. The first-order valence-corrected chi connectivity index (χ1v) is 11.6. The van der Waals surface area contributed by atoms with Crippen molar-refractivity contribution in [2.24, 2.45) is 0 Å². The van der Waals surface area contributed by atoms with Crippen LogP contribution in [0.5, 0.6) is 0 Å². The molecule has 1 saturated carbocycles. The number of hydrogen-bond donors (Lipinski definition) is 1. The van der Waals surface area contributed by atoms with E-state index in [1.54, 1.807) is 18.2 Å². The molecule has 0 aliphatic heterocycles. The lowest BCUT2D eigenvalue weighted by Gasteiger charge is -2.31. The number of hydrogen-bond acceptors (Lipinski definition) is 3. The highest BCUT2D eigenvalue weighted by molar-refractivity contribution is 6.31. The Morgan fingerprint density at radius 3 is 2.71 bits per heavy atom. The minimum Gasteiger partial charge on any atom is -0.351 e. The van der Waals surface area contributed by atoms with Crippen molar-refractivity contribution in [3.05, 3.63) is 62.3 Å². The lowest BCUT2D eigenvalue weighted by atomic mass is 9.77. The monoisotopic (exact) mass is 445 g/mol. The van der Waals surface area contributed by atoms with E-state index in [-0.39, 0.29) is 29.1 Å². The van der Waals surface area contributed by atoms with Crippen LogP contribution in [0.4, 0.5) is 4.39 Å². The summed E-state index contributed by atoms with van der Waals surface area (Å²) in [6, 6.07) is 5.91. The summed E-state index contributed by atoms with van der Waals surface area (Å²) in [6.07, 6.45) is 7.91. The minimum atomic E-state index is -0.969. The van der Waals surface area contributed by atoms with Crippen molar-refractivity contribution in [1.82, 2.24) is 15.1 Å². The van der Waals surface area contributed by atoms with E-state index in [9.17, 15) is 14.0 Å². The molecule has 1 atom stereocenters. The normalized spacial score (nSPS) is 18.8. The average Bonchev–Trinajstić information content (AvgIpc) is 3.10. The molecule has 0 radical (unpaired) electrons. The molecule has 4 rings (SSSR count). The lowest BCUT2D eigenvalue weighted by Crippen LogP contribution is -2.48. The first-order valence-electron chi connectivity index (χ1n) is 11.3. The number of nitrogens with one attached hydrogen (secondary N) is 1. The fourth-order valence-corrected chi connectivity index (χ4v) is 5.44. The number of nitrogens with zero attached hydrogens (tertiary/aromatic N) is 2. The van der Waals surface area contributed by atoms with Gasteiger partial charge in [0.2, 0.25) is 5.91 Å². The Bertz CT molecular complexity index is 1010. The first-order chi connectivity index (χ1) is 14.9. The maximum atomic E-state index is 14.7. The molecule has 1 amide bonds. The third kappa shape index (κ3) is 4.40. The van der Waals surface area contributed by atoms with E-state index in [4.69, 9.17) is 11.6 Å². The number of rotatable bonds is 5. The van der Waals surface area contributed by atoms with Crippen LogP contribution in [0.1, 0.15) is 68.7 Å². The van der Waals surface area contributed by atoms with Gasteiger partial charge in [-0.05, 0) is 63.1 Å². The van der Waals surface area contributed by atoms with Crippen LogP contribution in [0.2, 0.25) is 5.02 Å². The maximum absolute atomic E-state index is 14.7. The van der Waals surface area contributed by atoms with Gasteiger partial charge in [0.15, 0.2) is 0 Å². The van der Waals surface area contributed by atoms with E-state index in [0.717, 1.165) is 56.2 Å². The molecule has 0 saturated heterocycles. The van der Waals surface area contributed by atoms with Gasteiger partial charge in [-0.3, -0.25) is 9.59 Å². The molecule has 7 heteroatoms. The summed E-state index contributed by atoms with van der Waals surface area (Å²) in [5.74, 6) is -0.673. The molecule has 1 aromatic heterocycles. The van der Waals surface area contributed by atoms with Crippen LogP contribution < -0.4 is 10.9 Å². The Balaban J connectivity index is 1.54. The number of aryl methyl sites for hydroxylation is 2. The molecule has 2 aromatic rings. The Hall–Kier alpha value is -2.21. The topological polar surface area (TPSA) is 64.0 Å². The summed E-state index contributed by atoms with van der Waals surface area (Å²) in [5.41, 5.74) is 1.22. The second kappa shape index (κ2) is 9.11. The minimum absolute atomic E-state index is 0.144. The molecule has 2 aliphatic carbocycles. The molecule has 2 aliphatic rings. The fraction of sp³-hybridized carbons (Fsp3) is 0.542. The van der Waals surface area contributed by atoms with Gasteiger partial charge in [-0.25, -0.2) is 9.07 Å². The molecule has 1 N–H and O–H groups in total. The van der Waals surface area contributed by atoms with Crippen molar-refractivity contribution in [2.45, 2.75) is 82.7 Å². The molecule has 1 heterocycles. The molecule has 1 fully saturated rings. The van der Waals surface area contributed by atoms with Crippen LogP contribution in [0, 0.1) is 5.82 Å². The molecule has 1 aromatic carbocycles. The number of halogens is 2. The smallest absolute Gasteiger partial charge is 0.267 e. The quantitative estimate of drug-likeness (QED) is 0.697. The highest BCUT2D eigenvalue weighted by Crippen LogP contribution is 2.45. The van der Waals surface area contributed by atoms with Crippen molar-refractivity contribution >= 4 is 17.5 Å². The summed E-state index contributed by atoms with van der Waals surface area (Å²) < 4.78 is 16.2. The van der Waals surface area contributed by atoms with E-state index in [0.29, 0.717) is 18.4 Å². The van der Waals surface area contributed by atoms with E-state index < -0.39 is 11.2 Å². The zero-order valence-corrected chi connectivity index (χ0v) is 18.7. The van der Waals surface area contributed by atoms with Crippen molar-refractivity contribution in [3.8, 4) is 0 Å². The van der Waals surface area contributed by atoms with Crippen molar-refractivity contribution in [1.29, 1.82) is 0 Å². The van der Waals surface area contributed by atoms with Gasteiger partial charge in [-0.2, -0.15) is 5.10 Å². The van der Waals surface area contributed by atoms with Gasteiger partial charge in [0.25, 0.3) is 5.56 Å². The number of carbonyl (C=O) groups excluding carboxylic acids is 1. The van der Waals surface area contributed by atoms with Crippen molar-refractivity contribution in [3.63, 3.8) is 0 Å². The van der Waals surface area contributed by atoms with Crippen LogP contribution in [0.15, 0.2) is 29.1 Å². The fourth-order valence-electron chi connectivity index (χ4n) is 5.10. The van der Waals surface area contributed by atoms with Crippen LogP contribution >= 0.6 is 11.6 Å². The Kier molecular flexibility index (Phi) is 6.47. The second-order valence-electron chi connectivity index (χ2n) is 8.96. The van der Waals surface area contributed by atoms with E-state index >= 15 is 0 Å². The van der Waals surface area contributed by atoms with Crippen LogP contribution in [0.25, 0.3) is 0 Å². The predicted octanol–water partition coefficient (Wildman–Crippen LogP) is 4.32. The number of benzene rings is 1. The zero-order valence-electron chi connectivity index (χ0n) is 17.9. The summed E-state index contributed by atoms with van der Waals surface area (Å²) >= 11 is 6.34. The second-order valence-corrected chi connectivity index (χ2v) is 9.36. The van der Waals surface area contributed by atoms with Crippen molar-refractivity contribution in [2.75, 3.05) is 0 Å². The third-order valence-electron chi connectivity index (χ3n) is 6.68. The number of aromatic nitrogens is 2. The molecule has 5 nitrogen and oxygen atoms in total. The van der Waals surface area contributed by atoms with Gasteiger partial charge in [-0.15, -0.1) is 0 Å². The third-order valence-corrected chi connectivity index (χ3v) is 7.00. The van der Waals surface area contributed by atoms with Crippen LogP contribution in [0.3, 0.4) is 0 Å². The van der Waals surface area contributed by atoms with Gasteiger partial charge in [-0.1, -0.05) is 36.9 Å². The molecule has 31 heavy (non-hydrogen) atoms.